The molecule has 4 heteroatoms. The molecular formula is C11H19NO3. The van der Waals surface area contributed by atoms with E-state index in [9.17, 15) is 9.59 Å². The van der Waals surface area contributed by atoms with E-state index in [1.807, 2.05) is 0 Å². The molecule has 1 atom stereocenters. The monoisotopic (exact) mass is 213 g/mol. The second kappa shape index (κ2) is 5.73. The molecule has 1 aliphatic carbocycles. The van der Waals surface area contributed by atoms with Gasteiger partial charge in [-0.1, -0.05) is 19.3 Å². The van der Waals surface area contributed by atoms with E-state index in [2.05, 4.69) is 5.32 Å². The van der Waals surface area contributed by atoms with Gasteiger partial charge < -0.3 is 10.4 Å². The maximum Gasteiger partial charge on any atom is 0.325 e. The Kier molecular flexibility index (Phi) is 4.59. The van der Waals surface area contributed by atoms with Crippen LogP contribution in [0, 0.1) is 5.92 Å². The van der Waals surface area contributed by atoms with Crippen molar-refractivity contribution in [3.8, 4) is 0 Å². The number of carbonyl (C=O) groups excluding carboxylic acids is 1. The molecule has 1 fully saturated rings. The third-order valence-electron chi connectivity index (χ3n) is 2.95. The zero-order valence-electron chi connectivity index (χ0n) is 9.16. The van der Waals surface area contributed by atoms with Crippen LogP contribution in [0.1, 0.15) is 45.4 Å². The van der Waals surface area contributed by atoms with Gasteiger partial charge in [-0.25, -0.2) is 0 Å². The lowest BCUT2D eigenvalue weighted by molar-refractivity contribution is -0.141. The summed E-state index contributed by atoms with van der Waals surface area (Å²) >= 11 is 0. The number of carboxylic acid groups (broad SMARTS) is 1. The fraction of sp³-hybridized carbons (Fsp3) is 0.818. The standard InChI is InChI=1S/C11H19NO3/c1-8(11(14)15)12-10(13)7-9-5-3-2-4-6-9/h8-9H,2-7H2,1H3,(H,12,13)(H,14,15)/t8-/m1/s1. The lowest BCUT2D eigenvalue weighted by Crippen LogP contribution is -2.39. The summed E-state index contributed by atoms with van der Waals surface area (Å²) in [5.41, 5.74) is 0. The number of amides is 1. The van der Waals surface area contributed by atoms with Gasteiger partial charge in [-0.15, -0.1) is 0 Å². The molecule has 0 aromatic rings. The van der Waals surface area contributed by atoms with Crippen molar-refractivity contribution in [3.05, 3.63) is 0 Å². The number of nitrogens with one attached hydrogen (secondary N) is 1. The summed E-state index contributed by atoms with van der Waals surface area (Å²) in [6.45, 7) is 1.49. The van der Waals surface area contributed by atoms with E-state index in [1.165, 1.54) is 26.2 Å². The van der Waals surface area contributed by atoms with E-state index in [4.69, 9.17) is 5.11 Å². The van der Waals surface area contributed by atoms with Crippen LogP contribution in [0.15, 0.2) is 0 Å². The minimum Gasteiger partial charge on any atom is -0.480 e. The van der Waals surface area contributed by atoms with Gasteiger partial charge in [0.15, 0.2) is 0 Å². The fourth-order valence-electron chi connectivity index (χ4n) is 2.02. The molecule has 4 nitrogen and oxygen atoms in total. The van der Waals surface area contributed by atoms with Gasteiger partial charge >= 0.3 is 5.97 Å². The van der Waals surface area contributed by atoms with Gasteiger partial charge in [0.25, 0.3) is 0 Å². The summed E-state index contributed by atoms with van der Waals surface area (Å²) in [5.74, 6) is -0.650. The third-order valence-corrected chi connectivity index (χ3v) is 2.95. The average molecular weight is 213 g/mol. The highest BCUT2D eigenvalue weighted by molar-refractivity contribution is 5.83. The smallest absolute Gasteiger partial charge is 0.325 e. The molecule has 0 heterocycles. The van der Waals surface area contributed by atoms with Gasteiger partial charge in [-0.2, -0.15) is 0 Å². The van der Waals surface area contributed by atoms with Crippen LogP contribution < -0.4 is 5.32 Å². The molecule has 0 aliphatic heterocycles. The predicted molar refractivity (Wildman–Crippen MR) is 56.4 cm³/mol. The normalized spacial score (nSPS) is 19.5. The van der Waals surface area contributed by atoms with Crippen molar-refractivity contribution in [3.63, 3.8) is 0 Å². The number of aliphatic carboxylic acids is 1. The van der Waals surface area contributed by atoms with Crippen LogP contribution in [0.4, 0.5) is 0 Å². The van der Waals surface area contributed by atoms with Gasteiger partial charge in [-0.3, -0.25) is 9.59 Å². The summed E-state index contributed by atoms with van der Waals surface area (Å²) in [6, 6.07) is -0.777. The molecule has 15 heavy (non-hydrogen) atoms. The first kappa shape index (κ1) is 12.0. The zero-order valence-corrected chi connectivity index (χ0v) is 9.16. The Morgan fingerprint density at radius 3 is 2.47 bits per heavy atom. The summed E-state index contributed by atoms with van der Waals surface area (Å²) in [5, 5.41) is 11.1. The fourth-order valence-corrected chi connectivity index (χ4v) is 2.02. The minimum absolute atomic E-state index is 0.128. The first-order chi connectivity index (χ1) is 7.09. The van der Waals surface area contributed by atoms with Crippen LogP contribution in [0.3, 0.4) is 0 Å². The lowest BCUT2D eigenvalue weighted by Gasteiger charge is -2.21. The third kappa shape index (κ3) is 4.32. The maximum absolute atomic E-state index is 11.5. The largest absolute Gasteiger partial charge is 0.480 e. The van der Waals surface area contributed by atoms with Crippen molar-refractivity contribution in [1.29, 1.82) is 0 Å². The number of carboxylic acids is 1. The summed E-state index contributed by atoms with van der Waals surface area (Å²) in [4.78, 5) is 22.0. The van der Waals surface area contributed by atoms with Gasteiger partial charge in [0, 0.05) is 6.42 Å². The van der Waals surface area contributed by atoms with Crippen LogP contribution in [-0.4, -0.2) is 23.0 Å². The Bertz CT molecular complexity index is 234. The first-order valence-electron chi connectivity index (χ1n) is 5.61. The van der Waals surface area contributed by atoms with Crippen LogP contribution in [0.25, 0.3) is 0 Å². The molecule has 1 amide bonds. The Labute approximate surface area is 90.0 Å². The van der Waals surface area contributed by atoms with Gasteiger partial charge in [-0.05, 0) is 25.7 Å². The molecule has 0 spiro atoms. The van der Waals surface area contributed by atoms with Gasteiger partial charge in [0.2, 0.25) is 5.91 Å². The molecule has 2 N–H and O–H groups in total. The summed E-state index contributed by atoms with van der Waals surface area (Å²) in [6.07, 6.45) is 6.36. The van der Waals surface area contributed by atoms with Crippen LogP contribution >= 0.6 is 0 Å². The Morgan fingerprint density at radius 2 is 1.93 bits per heavy atom. The quantitative estimate of drug-likeness (QED) is 0.744. The highest BCUT2D eigenvalue weighted by Gasteiger charge is 2.19. The molecule has 0 aromatic carbocycles. The molecule has 0 unspecified atom stereocenters. The molecule has 0 aromatic heterocycles. The number of carbonyl (C=O) groups is 2. The minimum atomic E-state index is -0.980. The molecule has 0 radical (unpaired) electrons. The van der Waals surface area contributed by atoms with Crippen molar-refractivity contribution in [2.75, 3.05) is 0 Å². The molecular weight excluding hydrogens is 194 g/mol. The van der Waals surface area contributed by atoms with Crippen molar-refractivity contribution in [2.45, 2.75) is 51.5 Å². The number of hydrogen-bond acceptors (Lipinski definition) is 2. The zero-order chi connectivity index (χ0) is 11.3. The maximum atomic E-state index is 11.5. The average Bonchev–Trinajstić information content (AvgIpc) is 2.18. The number of rotatable bonds is 4. The van der Waals surface area contributed by atoms with Crippen LogP contribution in [0.5, 0.6) is 0 Å². The van der Waals surface area contributed by atoms with E-state index in [-0.39, 0.29) is 5.91 Å². The van der Waals surface area contributed by atoms with E-state index in [0.717, 1.165) is 12.8 Å². The second-order valence-electron chi connectivity index (χ2n) is 4.34. The number of hydrogen-bond donors (Lipinski definition) is 2. The van der Waals surface area contributed by atoms with E-state index in [0.29, 0.717) is 12.3 Å². The second-order valence-corrected chi connectivity index (χ2v) is 4.34. The Morgan fingerprint density at radius 1 is 1.33 bits per heavy atom. The highest BCUT2D eigenvalue weighted by Crippen LogP contribution is 2.25. The van der Waals surface area contributed by atoms with Crippen molar-refractivity contribution >= 4 is 11.9 Å². The van der Waals surface area contributed by atoms with E-state index < -0.39 is 12.0 Å². The van der Waals surface area contributed by atoms with E-state index in [1.54, 1.807) is 0 Å². The van der Waals surface area contributed by atoms with Crippen LogP contribution in [0.2, 0.25) is 0 Å². The Hall–Kier alpha value is -1.06. The lowest BCUT2D eigenvalue weighted by atomic mass is 9.87. The SMILES string of the molecule is C[C@@H](NC(=O)CC1CCCCC1)C(=O)O. The van der Waals surface area contributed by atoms with Crippen molar-refractivity contribution < 1.29 is 14.7 Å². The van der Waals surface area contributed by atoms with Crippen LogP contribution in [-0.2, 0) is 9.59 Å². The molecule has 0 saturated heterocycles. The van der Waals surface area contributed by atoms with E-state index >= 15 is 0 Å². The topological polar surface area (TPSA) is 66.4 Å². The van der Waals surface area contributed by atoms with Crippen molar-refractivity contribution in [1.82, 2.24) is 5.32 Å². The molecule has 0 bridgehead atoms. The molecule has 1 rings (SSSR count). The van der Waals surface area contributed by atoms with Crippen molar-refractivity contribution in [2.24, 2.45) is 5.92 Å². The first-order valence-corrected chi connectivity index (χ1v) is 5.61. The molecule has 1 aliphatic rings. The summed E-state index contributed by atoms with van der Waals surface area (Å²) < 4.78 is 0. The summed E-state index contributed by atoms with van der Waals surface area (Å²) in [7, 11) is 0. The highest BCUT2D eigenvalue weighted by atomic mass is 16.4. The van der Waals surface area contributed by atoms with Gasteiger partial charge in [0.1, 0.15) is 6.04 Å². The predicted octanol–water partition coefficient (Wildman–Crippen LogP) is 1.55. The molecule has 1 saturated carbocycles. The van der Waals surface area contributed by atoms with Gasteiger partial charge in [0.05, 0.1) is 0 Å². The molecule has 86 valence electrons. The Balaban J connectivity index is 2.25.